The number of nitrogen functional groups attached to an aromatic ring is 1. The molecule has 1 unspecified atom stereocenters. The van der Waals surface area contributed by atoms with Gasteiger partial charge in [-0.1, -0.05) is 77.7 Å². The highest BCUT2D eigenvalue weighted by Gasteiger charge is 2.43. The number of benzene rings is 3. The second kappa shape index (κ2) is 11.9. The van der Waals surface area contributed by atoms with Crippen molar-refractivity contribution in [3.63, 3.8) is 0 Å². The van der Waals surface area contributed by atoms with Gasteiger partial charge in [-0.25, -0.2) is 0 Å². The molecule has 4 aromatic rings. The third-order valence-electron chi connectivity index (χ3n) is 8.12. The van der Waals surface area contributed by atoms with E-state index in [4.69, 9.17) is 33.4 Å². The van der Waals surface area contributed by atoms with E-state index in [-0.39, 0.29) is 17.8 Å². The monoisotopic (exact) mass is 577 g/mol. The molecule has 0 bridgehead atoms. The van der Waals surface area contributed by atoms with Crippen LogP contribution in [0.3, 0.4) is 0 Å². The van der Waals surface area contributed by atoms with E-state index in [0.29, 0.717) is 27.9 Å². The van der Waals surface area contributed by atoms with E-state index >= 15 is 0 Å². The normalized spacial score (nSPS) is 15.6. The fraction of sp³-hybridized carbons (Fsp3) is 0.323. The minimum Gasteiger partial charge on any atom is -0.407 e. The molecule has 0 spiro atoms. The Morgan fingerprint density at radius 3 is 2.42 bits per heavy atom. The number of amides is 1. The van der Waals surface area contributed by atoms with Gasteiger partial charge in [-0.3, -0.25) is 4.79 Å². The van der Waals surface area contributed by atoms with Gasteiger partial charge in [0, 0.05) is 31.4 Å². The molecule has 7 nitrogen and oxygen atoms in total. The largest absolute Gasteiger partial charge is 0.407 e. The maximum atomic E-state index is 13.0. The lowest BCUT2D eigenvalue weighted by Gasteiger charge is -2.41. The van der Waals surface area contributed by atoms with Crippen LogP contribution in [0.25, 0.3) is 0 Å². The summed E-state index contributed by atoms with van der Waals surface area (Å²) in [7, 11) is 1.67. The van der Waals surface area contributed by atoms with Crippen molar-refractivity contribution in [3.05, 3.63) is 105 Å². The molecular formula is C31H33Cl2N5O2. The third-order valence-corrected chi connectivity index (χ3v) is 8.85. The summed E-state index contributed by atoms with van der Waals surface area (Å²) in [5.74, 6) is 0.604. The van der Waals surface area contributed by atoms with E-state index in [9.17, 15) is 4.79 Å². The molecule has 2 heterocycles. The Hall–Kier alpha value is -3.55. The Bertz CT molecular complexity index is 1480. The summed E-state index contributed by atoms with van der Waals surface area (Å²) in [6.07, 6.45) is 3.08. The lowest BCUT2D eigenvalue weighted by atomic mass is 9.72. The zero-order valence-corrected chi connectivity index (χ0v) is 24.2. The van der Waals surface area contributed by atoms with Crippen molar-refractivity contribution in [1.82, 2.24) is 15.5 Å². The van der Waals surface area contributed by atoms with E-state index in [1.807, 2.05) is 48.5 Å². The molecule has 1 atom stereocenters. The van der Waals surface area contributed by atoms with Crippen LogP contribution in [0.15, 0.2) is 71.1 Å². The number of hydrogen-bond donors (Lipinski definition) is 2. The lowest BCUT2D eigenvalue weighted by Crippen LogP contribution is -2.44. The second-order valence-corrected chi connectivity index (χ2v) is 11.1. The summed E-state index contributed by atoms with van der Waals surface area (Å²) in [5, 5.41) is 12.2. The number of nitrogens with zero attached hydrogens (tertiary/aromatic N) is 3. The number of halogens is 2. The number of nitrogens with one attached hydrogen (secondary N) is 1. The first-order chi connectivity index (χ1) is 19.4. The third kappa shape index (κ3) is 5.40. The average molecular weight is 579 g/mol. The van der Waals surface area contributed by atoms with E-state index in [0.717, 1.165) is 54.7 Å². The maximum absolute atomic E-state index is 13.0. The predicted octanol–water partition coefficient (Wildman–Crippen LogP) is 6.64. The molecule has 9 heteroatoms. The fourth-order valence-corrected chi connectivity index (χ4v) is 6.19. The average Bonchev–Trinajstić information content (AvgIpc) is 3.44. The van der Waals surface area contributed by atoms with E-state index < -0.39 is 5.41 Å². The van der Waals surface area contributed by atoms with Crippen molar-refractivity contribution in [2.24, 2.45) is 0 Å². The molecule has 5 rings (SSSR count). The minimum atomic E-state index is -0.438. The van der Waals surface area contributed by atoms with E-state index in [1.165, 1.54) is 0 Å². The number of rotatable bonds is 8. The smallest absolute Gasteiger partial charge is 0.312 e. The van der Waals surface area contributed by atoms with Gasteiger partial charge in [0.15, 0.2) is 0 Å². The van der Waals surface area contributed by atoms with Gasteiger partial charge in [0.2, 0.25) is 5.89 Å². The van der Waals surface area contributed by atoms with Crippen molar-refractivity contribution in [2.45, 2.75) is 43.9 Å². The first-order valence-electron chi connectivity index (χ1n) is 13.5. The lowest BCUT2D eigenvalue weighted by molar-refractivity contribution is 0.0962. The van der Waals surface area contributed by atoms with Crippen molar-refractivity contribution < 1.29 is 9.21 Å². The van der Waals surface area contributed by atoms with Gasteiger partial charge in [-0.15, -0.1) is 5.10 Å². The summed E-state index contributed by atoms with van der Waals surface area (Å²) in [6, 6.07) is 22.1. The fourth-order valence-electron chi connectivity index (χ4n) is 5.88. The van der Waals surface area contributed by atoms with Crippen molar-refractivity contribution in [1.29, 1.82) is 0 Å². The highest BCUT2D eigenvalue weighted by atomic mass is 35.5. The molecule has 208 valence electrons. The van der Waals surface area contributed by atoms with Gasteiger partial charge in [-0.05, 0) is 72.6 Å². The number of hydrogen-bond acceptors (Lipinski definition) is 6. The Labute approximate surface area is 244 Å². The Morgan fingerprint density at radius 1 is 1.05 bits per heavy atom. The van der Waals surface area contributed by atoms with Gasteiger partial charge in [-0.2, -0.15) is 0 Å². The predicted molar refractivity (Wildman–Crippen MR) is 160 cm³/mol. The Kier molecular flexibility index (Phi) is 8.33. The SMILES string of the molecule is CCC(Cc1c(C(=O)NC)cccc1N1CCC(c2ccccc2)(c2nnc(N)o2)CC1)c1ccc(Cl)c(Cl)c1. The van der Waals surface area contributed by atoms with Gasteiger partial charge >= 0.3 is 6.01 Å². The molecule has 1 fully saturated rings. The summed E-state index contributed by atoms with van der Waals surface area (Å²) < 4.78 is 5.81. The molecule has 3 aromatic carbocycles. The van der Waals surface area contributed by atoms with Gasteiger partial charge in [0.05, 0.1) is 15.5 Å². The van der Waals surface area contributed by atoms with Crippen molar-refractivity contribution >= 4 is 40.8 Å². The summed E-state index contributed by atoms with van der Waals surface area (Å²) >= 11 is 12.6. The number of carbonyl (C=O) groups excluding carboxylic acids is 1. The van der Waals surface area contributed by atoms with Crippen LogP contribution in [0.5, 0.6) is 0 Å². The van der Waals surface area contributed by atoms with Crippen LogP contribution < -0.4 is 16.0 Å². The standard InChI is InChI=1S/C31H33Cl2N5O2/c1-3-20(21-12-13-25(32)26(33)19-21)18-24-23(28(39)35-2)10-7-11-27(24)38-16-14-31(15-17-38,22-8-5-4-6-9-22)29-36-37-30(34)40-29/h4-13,19-20H,3,14-18H2,1-2H3,(H2,34,37)(H,35,39). The van der Waals surface area contributed by atoms with Crippen molar-refractivity contribution in [2.75, 3.05) is 30.8 Å². The molecule has 1 saturated heterocycles. The van der Waals surface area contributed by atoms with Crippen LogP contribution in [-0.4, -0.2) is 36.2 Å². The highest BCUT2D eigenvalue weighted by molar-refractivity contribution is 6.42. The molecule has 0 saturated carbocycles. The first-order valence-corrected chi connectivity index (χ1v) is 14.3. The summed E-state index contributed by atoms with van der Waals surface area (Å²) in [6.45, 7) is 3.64. The molecule has 1 aliphatic rings. The van der Waals surface area contributed by atoms with Crippen LogP contribution >= 0.6 is 23.2 Å². The van der Waals surface area contributed by atoms with Gasteiger partial charge in [0.1, 0.15) is 0 Å². The highest BCUT2D eigenvalue weighted by Crippen LogP contribution is 2.43. The van der Waals surface area contributed by atoms with Gasteiger partial charge in [0.25, 0.3) is 5.91 Å². The number of carbonyl (C=O) groups is 1. The van der Waals surface area contributed by atoms with Gasteiger partial charge < -0.3 is 20.4 Å². The number of nitrogens with two attached hydrogens (primary N) is 1. The molecule has 0 aliphatic carbocycles. The second-order valence-electron chi connectivity index (χ2n) is 10.2. The molecule has 40 heavy (non-hydrogen) atoms. The quantitative estimate of drug-likeness (QED) is 0.243. The van der Waals surface area contributed by atoms with Crippen LogP contribution in [0, 0.1) is 0 Å². The zero-order valence-electron chi connectivity index (χ0n) is 22.7. The maximum Gasteiger partial charge on any atom is 0.312 e. The molecule has 1 aliphatic heterocycles. The topological polar surface area (TPSA) is 97.3 Å². The van der Waals surface area contributed by atoms with Crippen LogP contribution in [0.2, 0.25) is 10.0 Å². The zero-order chi connectivity index (χ0) is 28.3. The first kappa shape index (κ1) is 28.0. The molecule has 1 aromatic heterocycles. The van der Waals surface area contributed by atoms with E-state index in [1.54, 1.807) is 7.05 Å². The summed E-state index contributed by atoms with van der Waals surface area (Å²) in [4.78, 5) is 15.4. The number of anilines is 2. The van der Waals surface area contributed by atoms with E-state index in [2.05, 4.69) is 45.5 Å². The molecule has 3 N–H and O–H groups in total. The van der Waals surface area contributed by atoms with Crippen LogP contribution in [-0.2, 0) is 11.8 Å². The molecule has 0 radical (unpaired) electrons. The Morgan fingerprint density at radius 2 is 1.80 bits per heavy atom. The molecular weight excluding hydrogens is 545 g/mol. The number of piperidine rings is 1. The summed E-state index contributed by atoms with van der Waals surface area (Å²) in [5.41, 5.74) is 10.4. The Balaban J connectivity index is 1.50. The van der Waals surface area contributed by atoms with Crippen molar-refractivity contribution in [3.8, 4) is 0 Å². The van der Waals surface area contributed by atoms with Crippen LogP contribution in [0.4, 0.5) is 11.7 Å². The van der Waals surface area contributed by atoms with Crippen LogP contribution in [0.1, 0.15) is 65.0 Å². The minimum absolute atomic E-state index is 0.0706. The number of aromatic nitrogens is 2. The molecule has 1 amide bonds.